The molecule has 0 amide bonds. The van der Waals surface area contributed by atoms with Crippen molar-refractivity contribution in [3.8, 4) is 0 Å². The lowest BCUT2D eigenvalue weighted by Gasteiger charge is -2.18. The van der Waals surface area contributed by atoms with E-state index in [2.05, 4.69) is 62.5 Å². The number of allylic oxidation sites excluding steroid dienone is 8. The van der Waals surface area contributed by atoms with Crippen molar-refractivity contribution in [3.63, 3.8) is 0 Å². The summed E-state index contributed by atoms with van der Waals surface area (Å²) in [5.41, 5.74) is 0. The second kappa shape index (κ2) is 39.5. The van der Waals surface area contributed by atoms with Gasteiger partial charge < -0.3 is 19.1 Å². The number of ether oxygens (including phenoxy) is 3. The van der Waals surface area contributed by atoms with E-state index in [4.69, 9.17) is 14.2 Å². The Balaban J connectivity index is 4.26. The van der Waals surface area contributed by atoms with E-state index in [1.54, 1.807) is 0 Å². The van der Waals surface area contributed by atoms with Crippen molar-refractivity contribution in [2.24, 2.45) is 0 Å². The van der Waals surface area contributed by atoms with Gasteiger partial charge in [-0.15, -0.1) is 0 Å². The molecular weight excluding hydrogens is 650 g/mol. The van der Waals surface area contributed by atoms with Crippen molar-refractivity contribution in [1.82, 2.24) is 4.90 Å². The fraction of sp³-hybridized carbons (Fsp3) is 0.756. The van der Waals surface area contributed by atoms with Crippen LogP contribution in [0.25, 0.3) is 0 Å². The second-order valence-corrected chi connectivity index (χ2v) is 14.3. The molecule has 1 atom stereocenters. The van der Waals surface area contributed by atoms with Gasteiger partial charge in [0.15, 0.2) is 6.10 Å². The molecule has 0 unspecified atom stereocenters. The molecule has 0 bridgehead atoms. The van der Waals surface area contributed by atoms with Crippen molar-refractivity contribution in [2.45, 2.75) is 187 Å². The van der Waals surface area contributed by atoms with Gasteiger partial charge in [0, 0.05) is 19.3 Å². The van der Waals surface area contributed by atoms with E-state index in [1.807, 2.05) is 19.0 Å². The summed E-state index contributed by atoms with van der Waals surface area (Å²) < 4.78 is 16.5. The Labute approximate surface area is 320 Å². The van der Waals surface area contributed by atoms with Gasteiger partial charge in [0.2, 0.25) is 0 Å². The van der Waals surface area contributed by atoms with Crippen LogP contribution in [0.15, 0.2) is 48.6 Å². The lowest BCUT2D eigenvalue weighted by atomic mass is 10.1. The highest BCUT2D eigenvalue weighted by Crippen LogP contribution is 2.12. The fourth-order valence-corrected chi connectivity index (χ4v) is 5.58. The minimum atomic E-state index is -0.795. The van der Waals surface area contributed by atoms with Crippen LogP contribution < -0.4 is 0 Å². The van der Waals surface area contributed by atoms with Crippen molar-refractivity contribution in [3.05, 3.63) is 48.6 Å². The van der Waals surface area contributed by atoms with Crippen LogP contribution in [-0.4, -0.2) is 62.8 Å². The SMILES string of the molecule is CCCCC/C=C\C/C=C\CCCCCCCC(=O)OC[C@H](COC(=O)CCCN(C)C)OC(=O)CCCCCCC/C=C\C/C=C\CCCCC. The summed E-state index contributed by atoms with van der Waals surface area (Å²) in [5.74, 6) is -0.991. The number of hydrogen-bond donors (Lipinski definition) is 0. The number of rotatable bonds is 37. The largest absolute Gasteiger partial charge is 0.462 e. The monoisotopic (exact) mass is 730 g/mol. The van der Waals surface area contributed by atoms with Crippen LogP contribution in [0, 0.1) is 0 Å². The summed E-state index contributed by atoms with van der Waals surface area (Å²) in [7, 11) is 3.91. The van der Waals surface area contributed by atoms with E-state index in [0.717, 1.165) is 96.4 Å². The maximum atomic E-state index is 12.6. The normalized spacial score (nSPS) is 12.6. The Morgan fingerprint density at radius 1 is 0.462 bits per heavy atom. The second-order valence-electron chi connectivity index (χ2n) is 14.3. The smallest absolute Gasteiger partial charge is 0.306 e. The molecule has 0 aliphatic rings. The van der Waals surface area contributed by atoms with Crippen LogP contribution in [0.5, 0.6) is 0 Å². The number of esters is 3. The van der Waals surface area contributed by atoms with Gasteiger partial charge in [0.1, 0.15) is 13.2 Å². The fourth-order valence-electron chi connectivity index (χ4n) is 5.58. The molecule has 7 heteroatoms. The van der Waals surface area contributed by atoms with Gasteiger partial charge in [-0.3, -0.25) is 14.4 Å². The van der Waals surface area contributed by atoms with E-state index in [9.17, 15) is 14.4 Å². The minimum absolute atomic E-state index is 0.0992. The van der Waals surface area contributed by atoms with Crippen molar-refractivity contribution >= 4 is 17.9 Å². The number of hydrogen-bond acceptors (Lipinski definition) is 7. The average molecular weight is 730 g/mol. The molecule has 300 valence electrons. The summed E-state index contributed by atoms with van der Waals surface area (Å²) in [5, 5.41) is 0. The Morgan fingerprint density at radius 3 is 1.25 bits per heavy atom. The number of carbonyl (C=O) groups excluding carboxylic acids is 3. The van der Waals surface area contributed by atoms with Crippen molar-refractivity contribution in [1.29, 1.82) is 0 Å². The summed E-state index contributed by atoms with van der Waals surface area (Å²) >= 11 is 0. The highest BCUT2D eigenvalue weighted by Gasteiger charge is 2.19. The van der Waals surface area contributed by atoms with Gasteiger partial charge in [-0.25, -0.2) is 0 Å². The van der Waals surface area contributed by atoms with E-state index in [1.165, 1.54) is 51.4 Å². The topological polar surface area (TPSA) is 82.1 Å². The first-order valence-corrected chi connectivity index (χ1v) is 21.1. The van der Waals surface area contributed by atoms with Gasteiger partial charge >= 0.3 is 17.9 Å². The molecular formula is C45H79NO6. The summed E-state index contributed by atoms with van der Waals surface area (Å²) in [6.45, 7) is 5.05. The molecule has 7 nitrogen and oxygen atoms in total. The zero-order chi connectivity index (χ0) is 38.2. The standard InChI is InChI=1S/C45H79NO6/c1-5-7-9-11-13-15-17-19-21-23-25-27-29-31-33-36-43(47)50-40-42(41-51-44(48)38-35-39-46(3)4)52-45(49)37-34-32-30-28-26-24-22-20-18-16-14-12-10-8-6-2/h13-16,19-22,42H,5-12,17-18,23-41H2,1-4H3/b15-13-,16-14-,21-19-,22-20-/t42-/m1/s1. The number of nitrogens with zero attached hydrogens (tertiary/aromatic N) is 1. The Bertz CT molecular complexity index is 953. The zero-order valence-electron chi connectivity index (χ0n) is 34.1. The van der Waals surface area contributed by atoms with Crippen LogP contribution >= 0.6 is 0 Å². The molecule has 0 fully saturated rings. The van der Waals surface area contributed by atoms with Crippen LogP contribution in [0.2, 0.25) is 0 Å². The van der Waals surface area contributed by atoms with Crippen molar-refractivity contribution in [2.75, 3.05) is 33.9 Å². The summed E-state index contributed by atoms with van der Waals surface area (Å²) in [6, 6.07) is 0. The highest BCUT2D eigenvalue weighted by molar-refractivity contribution is 5.71. The van der Waals surface area contributed by atoms with Gasteiger partial charge in [-0.2, -0.15) is 0 Å². The maximum Gasteiger partial charge on any atom is 0.306 e. The van der Waals surface area contributed by atoms with Gasteiger partial charge in [0.05, 0.1) is 0 Å². The predicted molar refractivity (Wildman–Crippen MR) is 218 cm³/mol. The molecule has 0 aliphatic carbocycles. The Kier molecular flexibility index (Phi) is 37.5. The molecule has 0 heterocycles. The van der Waals surface area contributed by atoms with Crippen LogP contribution in [0.1, 0.15) is 181 Å². The highest BCUT2D eigenvalue weighted by atomic mass is 16.6. The number of unbranched alkanes of at least 4 members (excludes halogenated alkanes) is 16. The van der Waals surface area contributed by atoms with E-state index < -0.39 is 6.10 Å². The van der Waals surface area contributed by atoms with Gasteiger partial charge in [0.25, 0.3) is 0 Å². The maximum absolute atomic E-state index is 12.6. The Morgan fingerprint density at radius 2 is 0.827 bits per heavy atom. The molecule has 0 aromatic heterocycles. The third-order valence-corrected chi connectivity index (χ3v) is 8.81. The average Bonchev–Trinajstić information content (AvgIpc) is 3.12. The zero-order valence-corrected chi connectivity index (χ0v) is 34.1. The molecule has 0 rings (SSSR count). The quantitative estimate of drug-likeness (QED) is 0.0272. The van der Waals surface area contributed by atoms with E-state index >= 15 is 0 Å². The van der Waals surface area contributed by atoms with Crippen LogP contribution in [0.3, 0.4) is 0 Å². The lowest BCUT2D eigenvalue weighted by molar-refractivity contribution is -0.167. The number of carbonyl (C=O) groups is 3. The molecule has 0 aliphatic heterocycles. The van der Waals surface area contributed by atoms with Crippen LogP contribution in [-0.2, 0) is 28.6 Å². The molecule has 0 aromatic rings. The Hall–Kier alpha value is -2.67. The van der Waals surface area contributed by atoms with Gasteiger partial charge in [-0.05, 0) is 104 Å². The molecule has 0 radical (unpaired) electrons. The van der Waals surface area contributed by atoms with Crippen molar-refractivity contribution < 1.29 is 28.6 Å². The third kappa shape index (κ3) is 38.6. The first-order valence-electron chi connectivity index (χ1n) is 21.1. The molecule has 0 spiro atoms. The van der Waals surface area contributed by atoms with Gasteiger partial charge in [-0.1, -0.05) is 127 Å². The molecule has 52 heavy (non-hydrogen) atoms. The predicted octanol–water partition coefficient (Wildman–Crippen LogP) is 12.0. The first-order chi connectivity index (χ1) is 25.4. The minimum Gasteiger partial charge on any atom is -0.462 e. The molecule has 0 aromatic carbocycles. The van der Waals surface area contributed by atoms with E-state index in [-0.39, 0.29) is 37.5 Å². The molecule has 0 saturated heterocycles. The van der Waals surface area contributed by atoms with E-state index in [0.29, 0.717) is 19.3 Å². The van der Waals surface area contributed by atoms with Crippen LogP contribution in [0.4, 0.5) is 0 Å². The molecule has 0 N–H and O–H groups in total. The lowest BCUT2D eigenvalue weighted by Crippen LogP contribution is -2.31. The molecule has 0 saturated carbocycles. The first kappa shape index (κ1) is 49.3. The summed E-state index contributed by atoms with van der Waals surface area (Å²) in [6.07, 6.45) is 43.6. The summed E-state index contributed by atoms with van der Waals surface area (Å²) in [4.78, 5) is 39.3. The third-order valence-electron chi connectivity index (χ3n) is 8.81.